The molecule has 0 saturated heterocycles. The van der Waals surface area contributed by atoms with Gasteiger partial charge in [-0.1, -0.05) is 29.8 Å². The van der Waals surface area contributed by atoms with E-state index in [2.05, 4.69) is 31.2 Å². The second-order valence-corrected chi connectivity index (χ2v) is 5.48. The lowest BCUT2D eigenvalue weighted by molar-refractivity contribution is 0.589. The van der Waals surface area contributed by atoms with Gasteiger partial charge in [0.25, 0.3) is 0 Å². The second kappa shape index (κ2) is 5.70. The van der Waals surface area contributed by atoms with Crippen molar-refractivity contribution < 1.29 is 8.78 Å². The summed E-state index contributed by atoms with van der Waals surface area (Å²) in [6.07, 6.45) is 0. The van der Waals surface area contributed by atoms with Crippen LogP contribution < -0.4 is 11.1 Å². The molecule has 0 aliphatic rings. The largest absolute Gasteiger partial charge is 0.384 e. The highest BCUT2D eigenvalue weighted by Crippen LogP contribution is 2.27. The number of hydrogen-bond acceptors (Lipinski definition) is 4. The Labute approximate surface area is 123 Å². The van der Waals surface area contributed by atoms with Gasteiger partial charge in [0.2, 0.25) is 0 Å². The Hall–Kier alpha value is -1.76. The molecule has 0 bridgehead atoms. The quantitative estimate of drug-likeness (QED) is 0.885. The van der Waals surface area contributed by atoms with E-state index < -0.39 is 11.6 Å². The molecule has 0 radical (unpaired) electrons. The Bertz CT molecular complexity index is 623. The van der Waals surface area contributed by atoms with Crippen LogP contribution in [-0.2, 0) is 0 Å². The van der Waals surface area contributed by atoms with Crippen molar-refractivity contribution in [2.24, 2.45) is 0 Å². The summed E-state index contributed by atoms with van der Waals surface area (Å²) in [4.78, 5) is 8.25. The highest BCUT2D eigenvalue weighted by Gasteiger charge is 2.13. The van der Waals surface area contributed by atoms with Gasteiger partial charge in [-0.05, 0) is 12.1 Å². The molecule has 0 amide bonds. The number of hydrogen-bond donors (Lipinski definition) is 2. The summed E-state index contributed by atoms with van der Waals surface area (Å²) in [7, 11) is 0. The molecular weight excluding hydrogens is 330 g/mol. The first-order chi connectivity index (χ1) is 9.36. The number of nitrogens with one attached hydrogen (secondary N) is 1. The monoisotopic (exact) mass is 342 g/mol. The minimum Gasteiger partial charge on any atom is -0.384 e. The summed E-state index contributed by atoms with van der Waals surface area (Å²) >= 11 is 3.02. The first-order valence-electron chi connectivity index (χ1n) is 5.93. The standard InChI is InChI=1S/C13H13BrF2N4/c1-6(2)13-18-10(17)5-11(20-13)19-12-8(15)3-7(14)4-9(12)16/h3-6H,1-2H3,(H3,17,18,19,20). The van der Waals surface area contributed by atoms with Crippen molar-refractivity contribution >= 4 is 33.3 Å². The normalized spacial score (nSPS) is 10.9. The number of halogens is 3. The van der Waals surface area contributed by atoms with Gasteiger partial charge in [0, 0.05) is 16.5 Å². The maximum Gasteiger partial charge on any atom is 0.150 e. The van der Waals surface area contributed by atoms with Gasteiger partial charge in [0.1, 0.15) is 23.1 Å². The van der Waals surface area contributed by atoms with E-state index in [9.17, 15) is 8.78 Å². The Balaban J connectivity index is 2.40. The van der Waals surface area contributed by atoms with E-state index in [-0.39, 0.29) is 23.2 Å². The summed E-state index contributed by atoms with van der Waals surface area (Å²) in [5.74, 6) is -0.394. The molecule has 106 valence electrons. The molecule has 3 N–H and O–H groups in total. The fourth-order valence-electron chi connectivity index (χ4n) is 1.60. The third kappa shape index (κ3) is 3.22. The first-order valence-corrected chi connectivity index (χ1v) is 6.72. The lowest BCUT2D eigenvalue weighted by Gasteiger charge is -2.11. The molecule has 1 aromatic heterocycles. The maximum atomic E-state index is 13.7. The van der Waals surface area contributed by atoms with Crippen molar-refractivity contribution in [3.05, 3.63) is 40.1 Å². The van der Waals surface area contributed by atoms with E-state index in [4.69, 9.17) is 5.73 Å². The molecular formula is C13H13BrF2N4. The maximum absolute atomic E-state index is 13.7. The van der Waals surface area contributed by atoms with E-state index in [1.165, 1.54) is 18.2 Å². The topological polar surface area (TPSA) is 63.8 Å². The number of benzene rings is 1. The number of nitrogens with two attached hydrogens (primary N) is 1. The van der Waals surface area contributed by atoms with E-state index in [1.807, 2.05) is 13.8 Å². The number of aromatic nitrogens is 2. The van der Waals surface area contributed by atoms with Gasteiger partial charge in [-0.25, -0.2) is 18.7 Å². The van der Waals surface area contributed by atoms with Crippen molar-refractivity contribution in [1.29, 1.82) is 0 Å². The summed E-state index contributed by atoms with van der Waals surface area (Å²) in [6, 6.07) is 3.76. The van der Waals surface area contributed by atoms with Crippen LogP contribution in [0.5, 0.6) is 0 Å². The number of nitrogen functional groups attached to an aromatic ring is 1. The highest BCUT2D eigenvalue weighted by molar-refractivity contribution is 9.10. The number of rotatable bonds is 3. The highest BCUT2D eigenvalue weighted by atomic mass is 79.9. The number of nitrogens with zero attached hydrogens (tertiary/aromatic N) is 2. The third-order valence-electron chi connectivity index (χ3n) is 2.54. The Kier molecular flexibility index (Phi) is 4.17. The first kappa shape index (κ1) is 14.6. The van der Waals surface area contributed by atoms with Gasteiger partial charge in [-0.3, -0.25) is 0 Å². The van der Waals surface area contributed by atoms with Crippen molar-refractivity contribution in [3.63, 3.8) is 0 Å². The summed E-state index contributed by atoms with van der Waals surface area (Å²) < 4.78 is 27.8. The van der Waals surface area contributed by atoms with Gasteiger partial charge in [-0.2, -0.15) is 0 Å². The SMILES string of the molecule is CC(C)c1nc(N)cc(Nc2c(F)cc(Br)cc2F)n1. The lowest BCUT2D eigenvalue weighted by atomic mass is 10.2. The molecule has 20 heavy (non-hydrogen) atoms. The molecule has 1 heterocycles. The number of anilines is 3. The lowest BCUT2D eigenvalue weighted by Crippen LogP contribution is -2.06. The van der Waals surface area contributed by atoms with Crippen molar-refractivity contribution in [2.45, 2.75) is 19.8 Å². The molecule has 0 unspecified atom stereocenters. The van der Waals surface area contributed by atoms with Gasteiger partial charge in [0.05, 0.1) is 0 Å². The molecule has 0 saturated carbocycles. The Morgan fingerprint density at radius 2 is 1.75 bits per heavy atom. The van der Waals surface area contributed by atoms with E-state index >= 15 is 0 Å². The van der Waals surface area contributed by atoms with Crippen LogP contribution in [0, 0.1) is 11.6 Å². The molecule has 0 aliphatic carbocycles. The predicted octanol–water partition coefficient (Wildman–Crippen LogP) is 3.97. The molecule has 0 aliphatic heterocycles. The fourth-order valence-corrected chi connectivity index (χ4v) is 2.00. The van der Waals surface area contributed by atoms with Crippen LogP contribution in [0.2, 0.25) is 0 Å². The zero-order valence-corrected chi connectivity index (χ0v) is 12.5. The Morgan fingerprint density at radius 1 is 1.15 bits per heavy atom. The molecule has 1 aromatic carbocycles. The van der Waals surface area contributed by atoms with Crippen molar-refractivity contribution in [3.8, 4) is 0 Å². The van der Waals surface area contributed by atoms with Crippen LogP contribution in [0.25, 0.3) is 0 Å². The van der Waals surface area contributed by atoms with E-state index in [0.29, 0.717) is 10.3 Å². The van der Waals surface area contributed by atoms with Crippen LogP contribution >= 0.6 is 15.9 Å². The third-order valence-corrected chi connectivity index (χ3v) is 3.00. The molecule has 0 fully saturated rings. The van der Waals surface area contributed by atoms with Crippen LogP contribution in [0.3, 0.4) is 0 Å². The van der Waals surface area contributed by atoms with E-state index in [0.717, 1.165) is 0 Å². The average Bonchev–Trinajstić information content (AvgIpc) is 2.33. The molecule has 7 heteroatoms. The fraction of sp³-hybridized carbons (Fsp3) is 0.231. The molecule has 2 aromatic rings. The second-order valence-electron chi connectivity index (χ2n) is 4.56. The molecule has 0 spiro atoms. The van der Waals surface area contributed by atoms with E-state index in [1.54, 1.807) is 0 Å². The van der Waals surface area contributed by atoms with Gasteiger partial charge in [0.15, 0.2) is 11.6 Å². The van der Waals surface area contributed by atoms with Crippen LogP contribution in [0.1, 0.15) is 25.6 Å². The molecule has 0 atom stereocenters. The molecule has 4 nitrogen and oxygen atoms in total. The molecule has 2 rings (SSSR count). The predicted molar refractivity (Wildman–Crippen MR) is 77.9 cm³/mol. The minimum atomic E-state index is -0.722. The smallest absolute Gasteiger partial charge is 0.150 e. The zero-order chi connectivity index (χ0) is 14.9. The summed E-state index contributed by atoms with van der Waals surface area (Å²) in [5, 5.41) is 2.60. The summed E-state index contributed by atoms with van der Waals surface area (Å²) in [6.45, 7) is 3.80. The summed E-state index contributed by atoms with van der Waals surface area (Å²) in [5.41, 5.74) is 5.39. The average molecular weight is 343 g/mol. The van der Waals surface area contributed by atoms with Gasteiger partial charge >= 0.3 is 0 Å². The van der Waals surface area contributed by atoms with Crippen molar-refractivity contribution in [1.82, 2.24) is 9.97 Å². The van der Waals surface area contributed by atoms with Crippen LogP contribution in [-0.4, -0.2) is 9.97 Å². The zero-order valence-electron chi connectivity index (χ0n) is 10.9. The minimum absolute atomic E-state index is 0.0543. The van der Waals surface area contributed by atoms with Crippen LogP contribution in [0.15, 0.2) is 22.7 Å². The Morgan fingerprint density at radius 3 is 2.30 bits per heavy atom. The van der Waals surface area contributed by atoms with Gasteiger partial charge < -0.3 is 11.1 Å². The van der Waals surface area contributed by atoms with Crippen LogP contribution in [0.4, 0.5) is 26.1 Å². The van der Waals surface area contributed by atoms with Gasteiger partial charge in [-0.15, -0.1) is 0 Å². The van der Waals surface area contributed by atoms with Crippen molar-refractivity contribution in [2.75, 3.05) is 11.1 Å².